The molecule has 0 aliphatic carbocycles. The third-order valence-electron chi connectivity index (χ3n) is 4.63. The molecule has 0 bridgehead atoms. The van der Waals surface area contributed by atoms with Crippen LogP contribution >= 0.6 is 0 Å². The van der Waals surface area contributed by atoms with Crippen molar-refractivity contribution in [2.75, 3.05) is 27.2 Å². The number of likely N-dealkylation sites (N-methyl/N-ethyl adjacent to an activating group) is 1. The lowest BCUT2D eigenvalue weighted by molar-refractivity contribution is 0.215. The first kappa shape index (κ1) is 14.5. The number of hydrogen-bond acceptors (Lipinski definition) is 3. The zero-order valence-corrected chi connectivity index (χ0v) is 13.2. The van der Waals surface area contributed by atoms with Crippen molar-refractivity contribution in [3.05, 3.63) is 17.7 Å². The largest absolute Gasteiger partial charge is 0.334 e. The van der Waals surface area contributed by atoms with Gasteiger partial charge in [0.15, 0.2) is 0 Å². The Morgan fingerprint density at radius 2 is 2.05 bits per heavy atom. The van der Waals surface area contributed by atoms with Crippen molar-refractivity contribution in [2.45, 2.75) is 33.4 Å². The molecule has 2 atom stereocenters. The van der Waals surface area contributed by atoms with Gasteiger partial charge in [-0.05, 0) is 32.9 Å². The third-order valence-corrected chi connectivity index (χ3v) is 4.63. The SMILES string of the molecule is Cc1ncc(CN2C[C@H](C(C)C)[C@@H](N(C)C)C2)n1C. The van der Waals surface area contributed by atoms with Crippen molar-refractivity contribution < 1.29 is 0 Å². The van der Waals surface area contributed by atoms with Crippen LogP contribution in [0.2, 0.25) is 0 Å². The first-order chi connectivity index (χ1) is 8.90. The molecule has 4 nitrogen and oxygen atoms in total. The van der Waals surface area contributed by atoms with Gasteiger partial charge in [-0.2, -0.15) is 0 Å². The summed E-state index contributed by atoms with van der Waals surface area (Å²) in [6.07, 6.45) is 2.02. The Morgan fingerprint density at radius 1 is 1.37 bits per heavy atom. The number of rotatable bonds is 4. The van der Waals surface area contributed by atoms with Crippen molar-refractivity contribution in [1.29, 1.82) is 0 Å². The summed E-state index contributed by atoms with van der Waals surface area (Å²) < 4.78 is 2.20. The third kappa shape index (κ3) is 3.00. The normalized spacial score (nSPS) is 24.8. The van der Waals surface area contributed by atoms with E-state index in [2.05, 4.69) is 61.3 Å². The van der Waals surface area contributed by atoms with Crippen LogP contribution in [0.3, 0.4) is 0 Å². The molecule has 0 aromatic carbocycles. The summed E-state index contributed by atoms with van der Waals surface area (Å²) in [5.74, 6) is 2.61. The van der Waals surface area contributed by atoms with Gasteiger partial charge in [0.2, 0.25) is 0 Å². The van der Waals surface area contributed by atoms with Crippen LogP contribution in [0.4, 0.5) is 0 Å². The first-order valence-electron chi connectivity index (χ1n) is 7.26. The highest BCUT2D eigenvalue weighted by Crippen LogP contribution is 2.28. The molecule has 1 fully saturated rings. The van der Waals surface area contributed by atoms with Crippen molar-refractivity contribution >= 4 is 0 Å². The van der Waals surface area contributed by atoms with Gasteiger partial charge in [-0.25, -0.2) is 4.98 Å². The highest BCUT2D eigenvalue weighted by atomic mass is 15.3. The molecule has 2 heterocycles. The molecule has 0 amide bonds. The van der Waals surface area contributed by atoms with Gasteiger partial charge in [0.05, 0.1) is 5.69 Å². The average molecular weight is 264 g/mol. The number of imidazole rings is 1. The van der Waals surface area contributed by atoms with Crippen molar-refractivity contribution in [3.63, 3.8) is 0 Å². The van der Waals surface area contributed by atoms with E-state index >= 15 is 0 Å². The van der Waals surface area contributed by atoms with E-state index in [1.54, 1.807) is 0 Å². The molecular weight excluding hydrogens is 236 g/mol. The lowest BCUT2D eigenvalue weighted by atomic mass is 9.91. The van der Waals surface area contributed by atoms with Crippen molar-refractivity contribution in [3.8, 4) is 0 Å². The van der Waals surface area contributed by atoms with E-state index in [9.17, 15) is 0 Å². The molecule has 2 rings (SSSR count). The van der Waals surface area contributed by atoms with Gasteiger partial charge in [-0.15, -0.1) is 0 Å². The second kappa shape index (κ2) is 5.63. The zero-order valence-electron chi connectivity index (χ0n) is 13.2. The Bertz CT molecular complexity index is 406. The van der Waals surface area contributed by atoms with E-state index in [0.29, 0.717) is 6.04 Å². The van der Waals surface area contributed by atoms with Crippen LogP contribution in [0.5, 0.6) is 0 Å². The molecule has 1 aromatic heterocycles. The van der Waals surface area contributed by atoms with Gasteiger partial charge in [0.25, 0.3) is 0 Å². The average Bonchev–Trinajstić information content (AvgIpc) is 2.88. The smallest absolute Gasteiger partial charge is 0.105 e. The van der Waals surface area contributed by atoms with E-state index in [1.807, 2.05) is 6.20 Å². The number of nitrogens with zero attached hydrogens (tertiary/aromatic N) is 4. The quantitative estimate of drug-likeness (QED) is 0.828. The summed E-state index contributed by atoms with van der Waals surface area (Å²) in [6.45, 7) is 10.1. The van der Waals surface area contributed by atoms with Gasteiger partial charge in [0, 0.05) is 38.9 Å². The minimum absolute atomic E-state index is 0.675. The number of aromatic nitrogens is 2. The van der Waals surface area contributed by atoms with E-state index in [0.717, 1.165) is 24.2 Å². The molecule has 0 radical (unpaired) electrons. The molecule has 0 saturated carbocycles. The minimum Gasteiger partial charge on any atom is -0.334 e. The molecule has 1 aliphatic heterocycles. The second-order valence-electron chi connectivity index (χ2n) is 6.49. The minimum atomic E-state index is 0.675. The maximum absolute atomic E-state index is 4.39. The summed E-state index contributed by atoms with van der Waals surface area (Å²) in [7, 11) is 6.52. The van der Waals surface area contributed by atoms with Crippen LogP contribution in [0, 0.1) is 18.8 Å². The predicted octanol–water partition coefficient (Wildman–Crippen LogP) is 1.75. The zero-order chi connectivity index (χ0) is 14.2. The lowest BCUT2D eigenvalue weighted by Gasteiger charge is -2.27. The van der Waals surface area contributed by atoms with Crippen LogP contribution in [0.25, 0.3) is 0 Å². The Morgan fingerprint density at radius 3 is 2.47 bits per heavy atom. The topological polar surface area (TPSA) is 24.3 Å². The highest BCUT2D eigenvalue weighted by molar-refractivity contribution is 5.05. The van der Waals surface area contributed by atoms with Gasteiger partial charge in [0.1, 0.15) is 5.82 Å². The molecule has 1 aromatic rings. The summed E-state index contributed by atoms with van der Waals surface area (Å²) in [5, 5.41) is 0. The monoisotopic (exact) mass is 264 g/mol. The summed E-state index contributed by atoms with van der Waals surface area (Å²) in [6, 6.07) is 0.675. The molecule has 108 valence electrons. The van der Waals surface area contributed by atoms with Gasteiger partial charge < -0.3 is 9.47 Å². The molecule has 1 saturated heterocycles. The van der Waals surface area contributed by atoms with Gasteiger partial charge >= 0.3 is 0 Å². The van der Waals surface area contributed by atoms with Gasteiger partial charge in [-0.3, -0.25) is 4.90 Å². The van der Waals surface area contributed by atoms with Gasteiger partial charge in [-0.1, -0.05) is 13.8 Å². The Balaban J connectivity index is 2.05. The Labute approximate surface area is 117 Å². The summed E-state index contributed by atoms with van der Waals surface area (Å²) >= 11 is 0. The molecule has 0 unspecified atom stereocenters. The Kier molecular flexibility index (Phi) is 4.31. The van der Waals surface area contributed by atoms with E-state index in [-0.39, 0.29) is 0 Å². The summed E-state index contributed by atoms with van der Waals surface area (Å²) in [5.41, 5.74) is 1.32. The molecule has 4 heteroatoms. The second-order valence-corrected chi connectivity index (χ2v) is 6.49. The maximum atomic E-state index is 4.39. The standard InChI is InChI=1S/C15H28N4/c1-11(2)14-9-19(10-15(14)17(4)5)8-13-7-16-12(3)18(13)6/h7,11,14-15H,8-10H2,1-6H3/t14-,15+/m1/s1. The lowest BCUT2D eigenvalue weighted by Crippen LogP contribution is -2.37. The molecule has 1 aliphatic rings. The van der Waals surface area contributed by atoms with Crippen LogP contribution in [-0.4, -0.2) is 52.6 Å². The van der Waals surface area contributed by atoms with Crippen LogP contribution in [0.1, 0.15) is 25.4 Å². The van der Waals surface area contributed by atoms with E-state index in [4.69, 9.17) is 0 Å². The van der Waals surface area contributed by atoms with Crippen molar-refractivity contribution in [1.82, 2.24) is 19.4 Å². The van der Waals surface area contributed by atoms with Crippen LogP contribution in [0.15, 0.2) is 6.20 Å². The van der Waals surface area contributed by atoms with E-state index < -0.39 is 0 Å². The maximum Gasteiger partial charge on any atom is 0.105 e. The summed E-state index contributed by atoms with van der Waals surface area (Å²) in [4.78, 5) is 9.36. The molecule has 19 heavy (non-hydrogen) atoms. The van der Waals surface area contributed by atoms with Crippen LogP contribution in [-0.2, 0) is 13.6 Å². The number of aryl methyl sites for hydroxylation is 1. The molecular formula is C15H28N4. The molecule has 0 N–H and O–H groups in total. The predicted molar refractivity (Wildman–Crippen MR) is 79.0 cm³/mol. The fraction of sp³-hybridized carbons (Fsp3) is 0.800. The first-order valence-corrected chi connectivity index (χ1v) is 7.26. The highest BCUT2D eigenvalue weighted by Gasteiger charge is 2.35. The van der Waals surface area contributed by atoms with E-state index in [1.165, 1.54) is 18.8 Å². The fourth-order valence-corrected chi connectivity index (χ4v) is 3.15. The van der Waals surface area contributed by atoms with Crippen molar-refractivity contribution in [2.24, 2.45) is 18.9 Å². The fourth-order valence-electron chi connectivity index (χ4n) is 3.15. The number of likely N-dealkylation sites (tertiary alicyclic amines) is 1. The molecule has 0 spiro atoms. The Hall–Kier alpha value is -0.870. The van der Waals surface area contributed by atoms with Crippen LogP contribution < -0.4 is 0 Å². The number of hydrogen-bond donors (Lipinski definition) is 0.